The largest absolute Gasteiger partial charge is 0.396 e. The zero-order chi connectivity index (χ0) is 8.20. The van der Waals surface area contributed by atoms with Crippen molar-refractivity contribution in [3.05, 3.63) is 5.92 Å². The van der Waals surface area contributed by atoms with E-state index in [0.717, 1.165) is 5.92 Å². The molecule has 61 valence electrons. The topological polar surface area (TPSA) is 60.7 Å². The predicted octanol–water partition coefficient (Wildman–Crippen LogP) is -0.436. The predicted molar refractivity (Wildman–Crippen MR) is 38.3 cm³/mol. The van der Waals surface area contributed by atoms with E-state index in [2.05, 4.69) is 0 Å². The minimum Gasteiger partial charge on any atom is -0.396 e. The summed E-state index contributed by atoms with van der Waals surface area (Å²) in [7, 11) is 0. The minimum atomic E-state index is -0.792. The Balaban J connectivity index is 4.15. The molecule has 0 spiro atoms. The maximum Gasteiger partial charge on any atom is 0.0536 e. The van der Waals surface area contributed by atoms with E-state index in [1.807, 2.05) is 0 Å². The fourth-order valence-electron chi connectivity index (χ4n) is 0.624. The monoisotopic (exact) mass is 147 g/mol. The standard InChI is InChI=1S/C7H15O3/c1-6(2)7(3-8,4-9)5-10/h8-10H,3-5H2,1-2H3. The fourth-order valence-corrected chi connectivity index (χ4v) is 0.624. The SMILES string of the molecule is C[C](C)C(CO)(CO)CO. The van der Waals surface area contributed by atoms with Crippen LogP contribution in [0, 0.1) is 11.3 Å². The van der Waals surface area contributed by atoms with Crippen molar-refractivity contribution in [3.63, 3.8) is 0 Å². The number of rotatable bonds is 4. The lowest BCUT2D eigenvalue weighted by atomic mass is 9.79. The highest BCUT2D eigenvalue weighted by Gasteiger charge is 2.31. The molecule has 0 aliphatic heterocycles. The van der Waals surface area contributed by atoms with Crippen LogP contribution in [0.4, 0.5) is 0 Å². The van der Waals surface area contributed by atoms with Crippen molar-refractivity contribution in [2.24, 2.45) is 5.41 Å². The Kier molecular flexibility index (Phi) is 3.86. The average molecular weight is 147 g/mol. The number of hydrogen-bond acceptors (Lipinski definition) is 3. The van der Waals surface area contributed by atoms with Gasteiger partial charge in [0.05, 0.1) is 19.8 Å². The Morgan fingerprint density at radius 1 is 1.00 bits per heavy atom. The molecule has 0 saturated carbocycles. The molecule has 0 fully saturated rings. The first-order valence-electron chi connectivity index (χ1n) is 3.26. The van der Waals surface area contributed by atoms with E-state index in [0.29, 0.717) is 0 Å². The second-order valence-electron chi connectivity index (χ2n) is 2.75. The smallest absolute Gasteiger partial charge is 0.0536 e. The van der Waals surface area contributed by atoms with Crippen LogP contribution in [0.2, 0.25) is 0 Å². The third-order valence-electron chi connectivity index (χ3n) is 1.97. The van der Waals surface area contributed by atoms with Crippen LogP contribution in [0.15, 0.2) is 0 Å². The molecule has 3 N–H and O–H groups in total. The van der Waals surface area contributed by atoms with Crippen LogP contribution in [0.1, 0.15) is 13.8 Å². The van der Waals surface area contributed by atoms with Gasteiger partial charge < -0.3 is 15.3 Å². The highest BCUT2D eigenvalue weighted by molar-refractivity contribution is 5.00. The van der Waals surface area contributed by atoms with Gasteiger partial charge in [-0.15, -0.1) is 0 Å². The van der Waals surface area contributed by atoms with Crippen LogP contribution in [0.5, 0.6) is 0 Å². The van der Waals surface area contributed by atoms with Gasteiger partial charge in [-0.3, -0.25) is 0 Å². The lowest BCUT2D eigenvalue weighted by Crippen LogP contribution is -2.37. The van der Waals surface area contributed by atoms with Crippen LogP contribution < -0.4 is 0 Å². The first-order chi connectivity index (χ1) is 4.63. The third kappa shape index (κ3) is 1.68. The van der Waals surface area contributed by atoms with Gasteiger partial charge in [0.1, 0.15) is 0 Å². The molecule has 0 heterocycles. The van der Waals surface area contributed by atoms with Crippen molar-refractivity contribution in [2.45, 2.75) is 13.8 Å². The molecule has 1 radical (unpaired) electrons. The third-order valence-corrected chi connectivity index (χ3v) is 1.97. The van der Waals surface area contributed by atoms with Gasteiger partial charge in [-0.05, 0) is 5.92 Å². The molecule has 0 atom stereocenters. The van der Waals surface area contributed by atoms with E-state index < -0.39 is 5.41 Å². The summed E-state index contributed by atoms with van der Waals surface area (Å²) in [5.74, 6) is 0.847. The van der Waals surface area contributed by atoms with Crippen molar-refractivity contribution >= 4 is 0 Å². The lowest BCUT2D eigenvalue weighted by molar-refractivity contribution is 0.0179. The van der Waals surface area contributed by atoms with Gasteiger partial charge in [-0.25, -0.2) is 0 Å². The fraction of sp³-hybridized carbons (Fsp3) is 0.857. The quantitative estimate of drug-likeness (QED) is 0.505. The first kappa shape index (κ1) is 9.88. The normalized spacial score (nSPS) is 12.6. The maximum absolute atomic E-state index is 8.81. The molecule has 0 saturated heterocycles. The van der Waals surface area contributed by atoms with E-state index in [-0.39, 0.29) is 19.8 Å². The van der Waals surface area contributed by atoms with Crippen LogP contribution in [0.3, 0.4) is 0 Å². The van der Waals surface area contributed by atoms with E-state index >= 15 is 0 Å². The second kappa shape index (κ2) is 3.91. The van der Waals surface area contributed by atoms with Gasteiger partial charge in [0, 0.05) is 5.41 Å². The summed E-state index contributed by atoms with van der Waals surface area (Å²) in [6.45, 7) is 2.94. The molecule has 10 heavy (non-hydrogen) atoms. The van der Waals surface area contributed by atoms with Gasteiger partial charge in [-0.2, -0.15) is 0 Å². The second-order valence-corrected chi connectivity index (χ2v) is 2.75. The van der Waals surface area contributed by atoms with Crippen LogP contribution in [0.25, 0.3) is 0 Å². The van der Waals surface area contributed by atoms with E-state index in [4.69, 9.17) is 15.3 Å². The summed E-state index contributed by atoms with van der Waals surface area (Å²) in [5, 5.41) is 26.4. The molecule has 3 nitrogen and oxygen atoms in total. The highest BCUT2D eigenvalue weighted by Crippen LogP contribution is 2.26. The lowest BCUT2D eigenvalue weighted by Gasteiger charge is -2.30. The Labute approximate surface area is 61.3 Å². The van der Waals surface area contributed by atoms with Gasteiger partial charge in [0.25, 0.3) is 0 Å². The van der Waals surface area contributed by atoms with Crippen LogP contribution in [-0.4, -0.2) is 35.1 Å². The Bertz CT molecular complexity index is 78.6. The molecule has 0 bridgehead atoms. The Morgan fingerprint density at radius 2 is 1.30 bits per heavy atom. The molecular weight excluding hydrogens is 132 g/mol. The number of hydrogen-bond donors (Lipinski definition) is 3. The van der Waals surface area contributed by atoms with Crippen molar-refractivity contribution in [3.8, 4) is 0 Å². The van der Waals surface area contributed by atoms with E-state index in [1.165, 1.54) is 0 Å². The van der Waals surface area contributed by atoms with Gasteiger partial charge in [0.15, 0.2) is 0 Å². The van der Waals surface area contributed by atoms with Gasteiger partial charge >= 0.3 is 0 Å². The molecule has 0 aromatic carbocycles. The summed E-state index contributed by atoms with van der Waals surface area (Å²) >= 11 is 0. The van der Waals surface area contributed by atoms with Crippen molar-refractivity contribution in [1.82, 2.24) is 0 Å². The molecule has 0 unspecified atom stereocenters. The van der Waals surface area contributed by atoms with Crippen LogP contribution in [-0.2, 0) is 0 Å². The molecule has 0 aliphatic carbocycles. The minimum absolute atomic E-state index is 0.206. The summed E-state index contributed by atoms with van der Waals surface area (Å²) in [6, 6.07) is 0. The van der Waals surface area contributed by atoms with Crippen molar-refractivity contribution in [1.29, 1.82) is 0 Å². The molecule has 0 aliphatic rings. The Hall–Kier alpha value is -0.120. The summed E-state index contributed by atoms with van der Waals surface area (Å²) in [5.41, 5.74) is -0.792. The highest BCUT2D eigenvalue weighted by atomic mass is 16.3. The first-order valence-corrected chi connectivity index (χ1v) is 3.26. The molecular formula is C7H15O3. The zero-order valence-electron chi connectivity index (χ0n) is 6.46. The number of aliphatic hydroxyl groups is 3. The van der Waals surface area contributed by atoms with Crippen molar-refractivity contribution < 1.29 is 15.3 Å². The maximum atomic E-state index is 8.81. The van der Waals surface area contributed by atoms with Gasteiger partial charge in [-0.1, -0.05) is 13.8 Å². The summed E-state index contributed by atoms with van der Waals surface area (Å²) in [4.78, 5) is 0. The van der Waals surface area contributed by atoms with E-state index in [1.54, 1.807) is 13.8 Å². The average Bonchev–Trinajstić information content (AvgIpc) is 1.92. The van der Waals surface area contributed by atoms with Gasteiger partial charge in [0.2, 0.25) is 0 Å². The molecule has 0 rings (SSSR count). The van der Waals surface area contributed by atoms with Crippen molar-refractivity contribution in [2.75, 3.05) is 19.8 Å². The van der Waals surface area contributed by atoms with Crippen LogP contribution >= 0.6 is 0 Å². The molecule has 3 heteroatoms. The number of aliphatic hydroxyl groups excluding tert-OH is 3. The Morgan fingerprint density at radius 3 is 1.30 bits per heavy atom. The van der Waals surface area contributed by atoms with E-state index in [9.17, 15) is 0 Å². The summed E-state index contributed by atoms with van der Waals surface area (Å²) in [6.07, 6.45) is 0. The zero-order valence-corrected chi connectivity index (χ0v) is 6.46. The molecule has 0 aromatic rings. The molecule has 0 amide bonds. The molecule has 0 aromatic heterocycles. The summed E-state index contributed by atoms with van der Waals surface area (Å²) < 4.78 is 0.